The lowest BCUT2D eigenvalue weighted by molar-refractivity contribution is 0.431. The zero-order chi connectivity index (χ0) is 14.0. The van der Waals surface area contributed by atoms with Crippen molar-refractivity contribution in [1.82, 2.24) is 4.31 Å². The Bertz CT molecular complexity index is 606. The number of hydrogen-bond acceptors (Lipinski definition) is 3. The van der Waals surface area contributed by atoms with Gasteiger partial charge in [-0.25, -0.2) is 8.42 Å². The molecule has 2 rings (SSSR count). The second-order valence-corrected chi connectivity index (χ2v) is 6.81. The summed E-state index contributed by atoms with van der Waals surface area (Å²) in [5.41, 5.74) is 8.53. The highest BCUT2D eigenvalue weighted by Gasteiger charge is 2.27. The summed E-state index contributed by atoms with van der Waals surface area (Å²) >= 11 is 0. The fraction of sp³-hybridized carbons (Fsp3) is 0.429. The van der Waals surface area contributed by atoms with E-state index in [0.717, 1.165) is 17.5 Å². The third-order valence-corrected chi connectivity index (χ3v) is 5.64. The highest BCUT2D eigenvalue weighted by Crippen LogP contribution is 2.24. The summed E-state index contributed by atoms with van der Waals surface area (Å²) in [6, 6.07) is 5.29. The van der Waals surface area contributed by atoms with Crippen LogP contribution in [0.1, 0.15) is 24.5 Å². The van der Waals surface area contributed by atoms with Crippen LogP contribution in [0.15, 0.2) is 34.7 Å². The average molecular weight is 280 g/mol. The van der Waals surface area contributed by atoms with Crippen LogP contribution in [0.5, 0.6) is 0 Å². The van der Waals surface area contributed by atoms with Gasteiger partial charge in [-0.15, -0.1) is 0 Å². The Balaban J connectivity index is 2.40. The summed E-state index contributed by atoms with van der Waals surface area (Å²) < 4.78 is 26.8. The normalized spacial score (nSPS) is 17.3. The molecule has 1 aliphatic heterocycles. The SMILES string of the molecule is CC1=CCN(S(=O)(=O)c2cccc(CN)c2C)CC1. The van der Waals surface area contributed by atoms with E-state index < -0.39 is 10.0 Å². The van der Waals surface area contributed by atoms with Crippen molar-refractivity contribution in [3.63, 3.8) is 0 Å². The first kappa shape index (κ1) is 14.2. The average Bonchev–Trinajstić information content (AvgIpc) is 2.39. The number of hydrogen-bond donors (Lipinski definition) is 1. The third kappa shape index (κ3) is 2.73. The molecule has 5 heteroatoms. The van der Waals surface area contributed by atoms with Crippen LogP contribution in [-0.2, 0) is 16.6 Å². The van der Waals surface area contributed by atoms with E-state index in [9.17, 15) is 8.42 Å². The monoisotopic (exact) mass is 280 g/mol. The van der Waals surface area contributed by atoms with E-state index in [-0.39, 0.29) is 0 Å². The number of rotatable bonds is 3. The lowest BCUT2D eigenvalue weighted by Crippen LogP contribution is -2.35. The van der Waals surface area contributed by atoms with Gasteiger partial charge in [-0.05, 0) is 37.5 Å². The summed E-state index contributed by atoms with van der Waals surface area (Å²) in [6.07, 6.45) is 2.78. The van der Waals surface area contributed by atoms with Gasteiger partial charge in [0, 0.05) is 19.6 Å². The number of sulfonamides is 1. The van der Waals surface area contributed by atoms with Crippen molar-refractivity contribution >= 4 is 10.0 Å². The first-order valence-corrected chi connectivity index (χ1v) is 7.85. The molecule has 4 nitrogen and oxygen atoms in total. The molecule has 0 atom stereocenters. The molecular weight excluding hydrogens is 260 g/mol. The Kier molecular flexibility index (Phi) is 4.08. The molecule has 1 aromatic carbocycles. The molecule has 0 unspecified atom stereocenters. The second kappa shape index (κ2) is 5.45. The number of nitrogens with two attached hydrogens (primary N) is 1. The molecule has 2 N–H and O–H groups in total. The smallest absolute Gasteiger partial charge is 0.243 e. The summed E-state index contributed by atoms with van der Waals surface area (Å²) in [7, 11) is -3.42. The molecular formula is C14H20N2O2S. The first-order valence-electron chi connectivity index (χ1n) is 6.41. The molecule has 1 heterocycles. The summed E-state index contributed by atoms with van der Waals surface area (Å²) in [4.78, 5) is 0.378. The first-order chi connectivity index (χ1) is 8.96. The molecule has 0 bridgehead atoms. The minimum absolute atomic E-state index is 0.355. The fourth-order valence-corrected chi connectivity index (χ4v) is 3.92. The minimum Gasteiger partial charge on any atom is -0.326 e. The van der Waals surface area contributed by atoms with E-state index in [4.69, 9.17) is 5.73 Å². The number of benzene rings is 1. The van der Waals surface area contributed by atoms with Crippen LogP contribution in [0, 0.1) is 6.92 Å². The van der Waals surface area contributed by atoms with Gasteiger partial charge in [-0.3, -0.25) is 0 Å². The molecule has 0 amide bonds. The Hall–Kier alpha value is -1.17. The summed E-state index contributed by atoms with van der Waals surface area (Å²) in [5, 5.41) is 0. The highest BCUT2D eigenvalue weighted by atomic mass is 32.2. The molecule has 0 fully saturated rings. The van der Waals surface area contributed by atoms with Gasteiger partial charge in [-0.2, -0.15) is 4.31 Å². The van der Waals surface area contributed by atoms with Gasteiger partial charge in [0.25, 0.3) is 0 Å². The molecule has 0 aliphatic carbocycles. The van der Waals surface area contributed by atoms with Crippen LogP contribution < -0.4 is 5.73 Å². The molecule has 0 aromatic heterocycles. The molecule has 0 saturated carbocycles. The van der Waals surface area contributed by atoms with E-state index >= 15 is 0 Å². The molecule has 1 aromatic rings. The summed E-state index contributed by atoms with van der Waals surface area (Å²) in [6.45, 7) is 5.22. The van der Waals surface area contributed by atoms with E-state index in [2.05, 4.69) is 0 Å². The molecule has 0 saturated heterocycles. The largest absolute Gasteiger partial charge is 0.326 e. The van der Waals surface area contributed by atoms with Crippen LogP contribution in [0.3, 0.4) is 0 Å². The van der Waals surface area contributed by atoms with Gasteiger partial charge in [0.15, 0.2) is 0 Å². The van der Waals surface area contributed by atoms with Crippen molar-refractivity contribution in [2.24, 2.45) is 5.73 Å². The van der Waals surface area contributed by atoms with Crippen molar-refractivity contribution in [3.05, 3.63) is 41.0 Å². The zero-order valence-corrected chi connectivity index (χ0v) is 12.2. The fourth-order valence-electron chi connectivity index (χ4n) is 2.27. The van der Waals surface area contributed by atoms with Crippen molar-refractivity contribution in [1.29, 1.82) is 0 Å². The van der Waals surface area contributed by atoms with E-state index in [0.29, 0.717) is 24.5 Å². The van der Waals surface area contributed by atoms with Gasteiger partial charge in [0.05, 0.1) is 4.90 Å². The highest BCUT2D eigenvalue weighted by molar-refractivity contribution is 7.89. The van der Waals surface area contributed by atoms with Gasteiger partial charge in [0.1, 0.15) is 0 Å². The predicted molar refractivity (Wildman–Crippen MR) is 76.2 cm³/mol. The van der Waals surface area contributed by atoms with Crippen LogP contribution in [0.2, 0.25) is 0 Å². The van der Waals surface area contributed by atoms with Crippen LogP contribution >= 0.6 is 0 Å². The zero-order valence-electron chi connectivity index (χ0n) is 11.4. The second-order valence-electron chi connectivity index (χ2n) is 4.91. The maximum atomic E-state index is 12.6. The Labute approximate surface area is 115 Å². The van der Waals surface area contributed by atoms with Crippen molar-refractivity contribution in [2.45, 2.75) is 31.7 Å². The van der Waals surface area contributed by atoms with Crippen molar-refractivity contribution in [2.75, 3.05) is 13.1 Å². The van der Waals surface area contributed by atoms with Crippen molar-refractivity contribution < 1.29 is 8.42 Å². The quantitative estimate of drug-likeness (QED) is 0.859. The Morgan fingerprint density at radius 3 is 2.63 bits per heavy atom. The molecule has 1 aliphatic rings. The Morgan fingerprint density at radius 2 is 2.05 bits per heavy atom. The topological polar surface area (TPSA) is 63.4 Å². The lowest BCUT2D eigenvalue weighted by atomic mass is 10.1. The van der Waals surface area contributed by atoms with E-state index in [1.807, 2.05) is 26.0 Å². The van der Waals surface area contributed by atoms with Crippen LogP contribution in [-0.4, -0.2) is 25.8 Å². The maximum absolute atomic E-state index is 12.6. The van der Waals surface area contributed by atoms with Gasteiger partial charge >= 0.3 is 0 Å². The molecule has 19 heavy (non-hydrogen) atoms. The molecule has 104 valence electrons. The standard InChI is InChI=1S/C14H20N2O2S/c1-11-6-8-16(9-7-11)19(17,18)14-5-3-4-13(10-15)12(14)2/h3-6H,7-10,15H2,1-2H3. The van der Waals surface area contributed by atoms with Crippen LogP contribution in [0.25, 0.3) is 0 Å². The number of nitrogens with zero attached hydrogens (tertiary/aromatic N) is 1. The third-order valence-electron chi connectivity index (χ3n) is 3.63. The van der Waals surface area contributed by atoms with Gasteiger partial charge in [0.2, 0.25) is 10.0 Å². The van der Waals surface area contributed by atoms with E-state index in [1.54, 1.807) is 12.1 Å². The van der Waals surface area contributed by atoms with E-state index in [1.165, 1.54) is 9.88 Å². The molecule has 0 spiro atoms. The predicted octanol–water partition coefficient (Wildman–Crippen LogP) is 1.79. The summed E-state index contributed by atoms with van der Waals surface area (Å²) in [5.74, 6) is 0. The Morgan fingerprint density at radius 1 is 1.32 bits per heavy atom. The molecule has 0 radical (unpaired) electrons. The maximum Gasteiger partial charge on any atom is 0.243 e. The van der Waals surface area contributed by atoms with Gasteiger partial charge < -0.3 is 5.73 Å². The minimum atomic E-state index is -3.42. The van der Waals surface area contributed by atoms with Crippen LogP contribution in [0.4, 0.5) is 0 Å². The van der Waals surface area contributed by atoms with Crippen molar-refractivity contribution in [3.8, 4) is 0 Å². The van der Waals surface area contributed by atoms with Gasteiger partial charge in [-0.1, -0.05) is 23.8 Å². The lowest BCUT2D eigenvalue weighted by Gasteiger charge is -2.25.